The third-order valence-electron chi connectivity index (χ3n) is 7.31. The molecule has 1 aromatic carbocycles. The highest BCUT2D eigenvalue weighted by Crippen LogP contribution is 2.34. The molecule has 0 aliphatic carbocycles. The van der Waals surface area contributed by atoms with Crippen molar-refractivity contribution < 1.29 is 6.53 Å². The Morgan fingerprint density at radius 2 is 1.95 bits per heavy atom. The van der Waals surface area contributed by atoms with E-state index in [4.69, 9.17) is 0 Å². The van der Waals surface area contributed by atoms with Crippen molar-refractivity contribution in [2.45, 2.75) is 84.4 Å². The third-order valence-corrected chi connectivity index (χ3v) is 7.31. The van der Waals surface area contributed by atoms with Crippen molar-refractivity contribution in [3.63, 3.8) is 0 Å². The summed E-state index contributed by atoms with van der Waals surface area (Å²) in [7, 11) is 4.06. The monoisotopic (exact) mass is 533 g/mol. The molecule has 2 aliphatic heterocycles. The fourth-order valence-electron chi connectivity index (χ4n) is 5.24. The molecule has 0 radical (unpaired) electrons. The number of likely N-dealkylation sites (tertiary alicyclic amines) is 1. The van der Waals surface area contributed by atoms with E-state index in [1.165, 1.54) is 23.3 Å². The summed E-state index contributed by atoms with van der Waals surface area (Å²) in [5.41, 5.74) is 5.92. The molecular weight excluding hydrogens is 478 g/mol. The minimum Gasteiger partial charge on any atom is -0.383 e. The zero-order chi connectivity index (χ0) is 29.1. The lowest BCUT2D eigenvalue weighted by Crippen LogP contribution is -2.41. The molecule has 3 rings (SSSR count). The molecule has 1 saturated heterocycles. The van der Waals surface area contributed by atoms with Crippen molar-refractivity contribution in [1.82, 2.24) is 15.1 Å². The maximum atomic E-state index is 10.6. The number of hydrogen-bond acceptors (Lipinski definition) is 4. The maximum Gasteiger partial charge on any atom is 0.115 e. The van der Waals surface area contributed by atoms with Crippen molar-refractivity contribution >= 4 is 5.57 Å². The largest absolute Gasteiger partial charge is 0.383 e. The Balaban J connectivity index is 0.00000191. The molecule has 0 amide bonds. The average molecular weight is 534 g/mol. The van der Waals surface area contributed by atoms with E-state index >= 15 is 0 Å². The van der Waals surface area contributed by atoms with Crippen LogP contribution in [0.2, 0.25) is 0 Å². The second-order valence-electron chi connectivity index (χ2n) is 11.4. The summed E-state index contributed by atoms with van der Waals surface area (Å²) in [6.07, 6.45) is 18.9. The van der Waals surface area contributed by atoms with Crippen LogP contribution in [0.25, 0.3) is 5.57 Å². The molecule has 0 saturated carbocycles. The lowest BCUT2D eigenvalue weighted by Gasteiger charge is -2.36. The summed E-state index contributed by atoms with van der Waals surface area (Å²) in [5, 5.41) is 14.4. The fraction of sp³-hybridized carbons (Fsp3) is 0.486. The second-order valence-corrected chi connectivity index (χ2v) is 11.4. The summed E-state index contributed by atoms with van der Waals surface area (Å²) in [6, 6.07) is 8.71. The highest BCUT2D eigenvalue weighted by molar-refractivity contribution is 5.73. The molecule has 216 valence electrons. The van der Waals surface area contributed by atoms with Crippen molar-refractivity contribution in [1.29, 1.82) is 0 Å². The zero-order valence-corrected chi connectivity index (χ0v) is 25.7. The van der Waals surface area contributed by atoms with Gasteiger partial charge in [-0.1, -0.05) is 82.0 Å². The molecule has 0 aromatic heterocycles. The molecular formula is C35H55N3O. The van der Waals surface area contributed by atoms with E-state index in [0.717, 1.165) is 61.9 Å². The Morgan fingerprint density at radius 1 is 1.23 bits per heavy atom. The minimum absolute atomic E-state index is 0. The smallest absolute Gasteiger partial charge is 0.115 e. The van der Waals surface area contributed by atoms with Crippen LogP contribution in [0.5, 0.6) is 0 Å². The number of hydrogen-bond donors (Lipinski definition) is 2. The Morgan fingerprint density at radius 3 is 2.54 bits per heavy atom. The number of allylic oxidation sites excluding steroid dienone is 8. The molecule has 39 heavy (non-hydrogen) atoms. The molecule has 4 heteroatoms. The van der Waals surface area contributed by atoms with Gasteiger partial charge in [0.05, 0.1) is 5.54 Å². The van der Waals surface area contributed by atoms with Gasteiger partial charge in [0, 0.05) is 40.5 Å². The molecule has 2 unspecified atom stereocenters. The Bertz CT molecular complexity index is 1100. The Labute approximate surface area is 240 Å². The number of unbranched alkanes of at least 4 members (excludes halogenated alkanes) is 1. The van der Waals surface area contributed by atoms with Crippen LogP contribution in [0.15, 0.2) is 90.8 Å². The Kier molecular flexibility index (Phi) is 12.5. The van der Waals surface area contributed by atoms with Gasteiger partial charge in [-0.3, -0.25) is 4.90 Å². The van der Waals surface area contributed by atoms with Gasteiger partial charge in [0.1, 0.15) is 5.72 Å². The molecule has 1 fully saturated rings. The minimum atomic E-state index is -0.647. The molecule has 0 spiro atoms. The highest BCUT2D eigenvalue weighted by Gasteiger charge is 2.33. The van der Waals surface area contributed by atoms with E-state index in [-0.39, 0.29) is 6.97 Å². The molecule has 4 nitrogen and oxygen atoms in total. The molecule has 1 aromatic rings. The number of rotatable bonds is 11. The molecule has 2 heterocycles. The van der Waals surface area contributed by atoms with Gasteiger partial charge in [0.2, 0.25) is 0 Å². The first-order chi connectivity index (χ1) is 18.5. The standard InChI is InChI=1S/C32H45N3O.C3H8.H2/c1-8-14-25(3)29-18-20-31(4,28-16-12-15-27(23-28)26(9-2)24-34(6)7)33-30(29)17-10-11-21-35-22-13-19-32(35,5)36;1-3-2;/h8-9,12,14-16,18,20,23-24,33,36H,2-3,10-11,13,17,19,21-22H2,1,4-7H3;3H2,1-2H3;1H/b14-8-,26-24+;;. The lowest BCUT2D eigenvalue weighted by molar-refractivity contribution is -0.0643. The summed E-state index contributed by atoms with van der Waals surface area (Å²) in [6.45, 7) is 20.7. The van der Waals surface area contributed by atoms with Crippen LogP contribution >= 0.6 is 0 Å². The highest BCUT2D eigenvalue weighted by atomic mass is 16.3. The van der Waals surface area contributed by atoms with E-state index in [1.807, 2.05) is 45.0 Å². The molecule has 0 bridgehead atoms. The molecule has 2 aliphatic rings. The first kappa shape index (κ1) is 32.4. The lowest BCUT2D eigenvalue weighted by atomic mass is 9.84. The predicted octanol–water partition coefficient (Wildman–Crippen LogP) is 8.17. The van der Waals surface area contributed by atoms with Crippen LogP contribution < -0.4 is 5.32 Å². The average Bonchev–Trinajstić information content (AvgIpc) is 3.23. The zero-order valence-electron chi connectivity index (χ0n) is 25.7. The first-order valence-corrected chi connectivity index (χ1v) is 14.6. The fourth-order valence-corrected chi connectivity index (χ4v) is 5.24. The Hall–Kier alpha value is -2.82. The third kappa shape index (κ3) is 9.12. The van der Waals surface area contributed by atoms with Crippen LogP contribution in [0, 0.1) is 0 Å². The van der Waals surface area contributed by atoms with E-state index < -0.39 is 5.72 Å². The number of nitrogens with zero attached hydrogens (tertiary/aromatic N) is 2. The SMILES string of the molecule is C=C/C(=C\N(C)C)c1cccc(C2(C)C=CC(C(=C)/C=C\C)=C(CCCCN3CCCC3(C)O)N2)c1.CCC.[HH]. The normalized spacial score (nSPS) is 23.4. The number of nitrogens with one attached hydrogen (secondary N) is 1. The molecule has 2 atom stereocenters. The van der Waals surface area contributed by atoms with Crippen LogP contribution in [0.3, 0.4) is 0 Å². The van der Waals surface area contributed by atoms with Gasteiger partial charge in [-0.05, 0) is 86.8 Å². The van der Waals surface area contributed by atoms with E-state index in [9.17, 15) is 5.11 Å². The van der Waals surface area contributed by atoms with Crippen LogP contribution in [0.4, 0.5) is 0 Å². The van der Waals surface area contributed by atoms with Crippen LogP contribution in [0.1, 0.15) is 85.7 Å². The molecule has 2 N–H and O–H groups in total. The van der Waals surface area contributed by atoms with Gasteiger partial charge in [0.25, 0.3) is 0 Å². The van der Waals surface area contributed by atoms with Gasteiger partial charge < -0.3 is 15.3 Å². The van der Waals surface area contributed by atoms with Gasteiger partial charge in [0.15, 0.2) is 0 Å². The van der Waals surface area contributed by atoms with Crippen molar-refractivity contribution in [3.05, 3.63) is 102 Å². The predicted molar refractivity (Wildman–Crippen MR) is 172 cm³/mol. The van der Waals surface area contributed by atoms with Crippen LogP contribution in [-0.4, -0.2) is 47.8 Å². The van der Waals surface area contributed by atoms with Crippen molar-refractivity contribution in [2.75, 3.05) is 27.2 Å². The second kappa shape index (κ2) is 15.1. The van der Waals surface area contributed by atoms with E-state index in [1.54, 1.807) is 0 Å². The van der Waals surface area contributed by atoms with Crippen molar-refractivity contribution in [3.8, 4) is 0 Å². The maximum absolute atomic E-state index is 10.6. The van der Waals surface area contributed by atoms with Gasteiger partial charge in [-0.2, -0.15) is 0 Å². The number of dihydropyridines is 1. The summed E-state index contributed by atoms with van der Waals surface area (Å²) >= 11 is 0. The summed E-state index contributed by atoms with van der Waals surface area (Å²) in [5.74, 6) is 0. The van der Waals surface area contributed by atoms with E-state index in [0.29, 0.717) is 0 Å². The number of benzene rings is 1. The van der Waals surface area contributed by atoms with E-state index in [2.05, 4.69) is 92.8 Å². The first-order valence-electron chi connectivity index (χ1n) is 14.6. The van der Waals surface area contributed by atoms with Gasteiger partial charge in [-0.25, -0.2) is 0 Å². The van der Waals surface area contributed by atoms with Crippen molar-refractivity contribution in [2.24, 2.45) is 0 Å². The topological polar surface area (TPSA) is 38.7 Å². The summed E-state index contributed by atoms with van der Waals surface area (Å²) in [4.78, 5) is 4.27. The van der Waals surface area contributed by atoms with Crippen LogP contribution in [-0.2, 0) is 5.54 Å². The number of aliphatic hydroxyl groups is 1. The quantitative estimate of drug-likeness (QED) is 0.222. The van der Waals surface area contributed by atoms with Gasteiger partial charge >= 0.3 is 0 Å². The summed E-state index contributed by atoms with van der Waals surface area (Å²) < 4.78 is 0. The van der Waals surface area contributed by atoms with Gasteiger partial charge in [-0.15, -0.1) is 0 Å².